The van der Waals surface area contributed by atoms with E-state index in [1.165, 1.54) is 0 Å². The van der Waals surface area contributed by atoms with E-state index in [9.17, 15) is 4.79 Å². The van der Waals surface area contributed by atoms with Crippen LogP contribution in [0.25, 0.3) is 0 Å². The maximum Gasteiger partial charge on any atom is 0.249 e. The van der Waals surface area contributed by atoms with E-state index in [0.717, 1.165) is 6.61 Å². The Hall–Kier alpha value is -0.950. The zero-order valence-corrected chi connectivity index (χ0v) is 10.5. The van der Waals surface area contributed by atoms with Crippen LogP contribution in [0, 0.1) is 0 Å². The SMILES string of the molecule is C=C(C(=O)NCC(C)O)C1(COCC2CO2)CO1. The summed E-state index contributed by atoms with van der Waals surface area (Å²) in [4.78, 5) is 11.8. The van der Waals surface area contributed by atoms with Crippen molar-refractivity contribution in [3.8, 4) is 0 Å². The lowest BCUT2D eigenvalue weighted by Crippen LogP contribution is -2.37. The van der Waals surface area contributed by atoms with Crippen LogP contribution < -0.4 is 5.32 Å². The quantitative estimate of drug-likeness (QED) is 0.440. The van der Waals surface area contributed by atoms with Gasteiger partial charge in [-0.3, -0.25) is 4.79 Å². The number of ether oxygens (including phenoxy) is 3. The Kier molecular flexibility index (Phi) is 4.01. The van der Waals surface area contributed by atoms with E-state index in [1.54, 1.807) is 6.92 Å². The van der Waals surface area contributed by atoms with Crippen molar-refractivity contribution in [1.82, 2.24) is 5.32 Å². The van der Waals surface area contributed by atoms with E-state index >= 15 is 0 Å². The Labute approximate surface area is 106 Å². The van der Waals surface area contributed by atoms with Crippen molar-refractivity contribution in [2.24, 2.45) is 0 Å². The number of carbonyl (C=O) groups excluding carboxylic acids is 1. The Morgan fingerprint density at radius 2 is 2.39 bits per heavy atom. The molecule has 2 N–H and O–H groups in total. The highest BCUT2D eigenvalue weighted by Gasteiger charge is 2.50. The molecule has 0 bridgehead atoms. The van der Waals surface area contributed by atoms with Gasteiger partial charge in [-0.1, -0.05) is 6.58 Å². The minimum atomic E-state index is -0.683. The van der Waals surface area contributed by atoms with Crippen LogP contribution >= 0.6 is 0 Å². The normalized spacial score (nSPS) is 30.7. The van der Waals surface area contributed by atoms with Crippen molar-refractivity contribution in [3.63, 3.8) is 0 Å². The van der Waals surface area contributed by atoms with E-state index in [1.807, 2.05) is 0 Å². The Balaban J connectivity index is 1.73. The molecule has 2 rings (SSSR count). The third-order valence-electron chi connectivity index (χ3n) is 2.92. The molecule has 0 radical (unpaired) electrons. The zero-order chi connectivity index (χ0) is 13.2. The summed E-state index contributed by atoms with van der Waals surface area (Å²) >= 11 is 0. The summed E-state index contributed by atoms with van der Waals surface area (Å²) in [6.07, 6.45) is -0.390. The molecule has 0 aromatic rings. The molecule has 2 fully saturated rings. The number of nitrogens with one attached hydrogen (secondary N) is 1. The van der Waals surface area contributed by atoms with E-state index in [-0.39, 0.29) is 18.6 Å². The van der Waals surface area contributed by atoms with Crippen LogP contribution in [0.15, 0.2) is 12.2 Å². The molecule has 6 nitrogen and oxygen atoms in total. The molecule has 0 saturated carbocycles. The molecule has 2 saturated heterocycles. The van der Waals surface area contributed by atoms with Crippen LogP contribution in [0.5, 0.6) is 0 Å². The molecule has 2 aliphatic rings. The molecule has 6 heteroatoms. The van der Waals surface area contributed by atoms with Gasteiger partial charge in [0.15, 0.2) is 0 Å². The largest absolute Gasteiger partial charge is 0.392 e. The lowest BCUT2D eigenvalue weighted by atomic mass is 10.0. The van der Waals surface area contributed by atoms with Crippen molar-refractivity contribution in [2.45, 2.75) is 24.7 Å². The minimum Gasteiger partial charge on any atom is -0.392 e. The molecular weight excluding hydrogens is 238 g/mol. The van der Waals surface area contributed by atoms with Crippen LogP contribution in [0.3, 0.4) is 0 Å². The molecule has 0 aromatic carbocycles. The van der Waals surface area contributed by atoms with Crippen LogP contribution in [0.4, 0.5) is 0 Å². The topological polar surface area (TPSA) is 83.6 Å². The Morgan fingerprint density at radius 3 is 2.89 bits per heavy atom. The molecule has 0 aromatic heterocycles. The van der Waals surface area contributed by atoms with Gasteiger partial charge in [0.2, 0.25) is 5.91 Å². The van der Waals surface area contributed by atoms with Crippen molar-refractivity contribution >= 4 is 5.91 Å². The van der Waals surface area contributed by atoms with Crippen LogP contribution in [-0.4, -0.2) is 61.8 Å². The van der Waals surface area contributed by atoms with Gasteiger partial charge in [0.1, 0.15) is 11.7 Å². The van der Waals surface area contributed by atoms with E-state index in [2.05, 4.69) is 11.9 Å². The maximum atomic E-state index is 11.8. The number of aliphatic hydroxyl groups is 1. The predicted molar refractivity (Wildman–Crippen MR) is 63.1 cm³/mol. The fraction of sp³-hybridized carbons (Fsp3) is 0.750. The van der Waals surface area contributed by atoms with Gasteiger partial charge >= 0.3 is 0 Å². The van der Waals surface area contributed by atoms with Gasteiger partial charge in [-0.05, 0) is 6.92 Å². The lowest BCUT2D eigenvalue weighted by molar-refractivity contribution is -0.118. The van der Waals surface area contributed by atoms with Crippen molar-refractivity contribution < 1.29 is 24.1 Å². The molecule has 102 valence electrons. The predicted octanol–water partition coefficient (Wildman–Crippen LogP) is -0.776. The first-order valence-corrected chi connectivity index (χ1v) is 6.02. The third kappa shape index (κ3) is 3.52. The number of rotatable bonds is 8. The summed E-state index contributed by atoms with van der Waals surface area (Å²) in [6.45, 7) is 7.57. The van der Waals surface area contributed by atoms with Gasteiger partial charge in [0.25, 0.3) is 0 Å². The first kappa shape index (κ1) is 13.5. The van der Waals surface area contributed by atoms with Gasteiger partial charge in [0.05, 0.1) is 32.5 Å². The van der Waals surface area contributed by atoms with Gasteiger partial charge in [0, 0.05) is 12.1 Å². The highest BCUT2D eigenvalue weighted by molar-refractivity contribution is 5.95. The lowest BCUT2D eigenvalue weighted by Gasteiger charge is -2.15. The van der Waals surface area contributed by atoms with E-state index in [0.29, 0.717) is 25.4 Å². The van der Waals surface area contributed by atoms with Crippen LogP contribution in [-0.2, 0) is 19.0 Å². The molecule has 0 aliphatic carbocycles. The molecule has 0 spiro atoms. The number of hydrogen-bond donors (Lipinski definition) is 2. The van der Waals surface area contributed by atoms with Crippen molar-refractivity contribution in [3.05, 3.63) is 12.2 Å². The average molecular weight is 257 g/mol. The summed E-state index contributed by atoms with van der Waals surface area (Å²) in [5, 5.41) is 11.7. The summed E-state index contributed by atoms with van der Waals surface area (Å²) in [5.41, 5.74) is -0.336. The summed E-state index contributed by atoms with van der Waals surface area (Å²) in [5.74, 6) is -0.306. The highest BCUT2D eigenvalue weighted by Crippen LogP contribution is 2.34. The number of aliphatic hydroxyl groups excluding tert-OH is 1. The van der Waals surface area contributed by atoms with Crippen molar-refractivity contribution in [1.29, 1.82) is 0 Å². The van der Waals surface area contributed by atoms with Crippen LogP contribution in [0.1, 0.15) is 6.92 Å². The number of amides is 1. The maximum absolute atomic E-state index is 11.8. The van der Waals surface area contributed by atoms with E-state index < -0.39 is 11.7 Å². The summed E-state index contributed by atoms with van der Waals surface area (Å²) < 4.78 is 15.8. The number of hydrogen-bond acceptors (Lipinski definition) is 5. The second-order valence-corrected chi connectivity index (χ2v) is 4.79. The monoisotopic (exact) mass is 257 g/mol. The number of epoxide rings is 2. The van der Waals surface area contributed by atoms with Gasteiger partial charge < -0.3 is 24.6 Å². The molecule has 2 aliphatic heterocycles. The van der Waals surface area contributed by atoms with Gasteiger partial charge in [-0.15, -0.1) is 0 Å². The van der Waals surface area contributed by atoms with E-state index in [4.69, 9.17) is 19.3 Å². The fourth-order valence-electron chi connectivity index (χ4n) is 1.51. The zero-order valence-electron chi connectivity index (χ0n) is 10.5. The first-order chi connectivity index (χ1) is 8.53. The molecule has 3 atom stereocenters. The summed E-state index contributed by atoms with van der Waals surface area (Å²) in [6, 6.07) is 0. The molecule has 2 heterocycles. The second kappa shape index (κ2) is 5.36. The van der Waals surface area contributed by atoms with Gasteiger partial charge in [-0.25, -0.2) is 0 Å². The highest BCUT2D eigenvalue weighted by atomic mass is 16.6. The molecular formula is C12H19NO5. The molecule has 3 unspecified atom stereocenters. The standard InChI is InChI=1S/C12H19NO5/c1-8(14)3-13-11(15)9(2)12(7-18-12)6-16-4-10-5-17-10/h8,10,14H,2-7H2,1H3,(H,13,15). The van der Waals surface area contributed by atoms with Crippen molar-refractivity contribution in [2.75, 3.05) is 33.0 Å². The Bertz CT molecular complexity index is 333. The molecule has 1 amide bonds. The fourth-order valence-corrected chi connectivity index (χ4v) is 1.51. The second-order valence-electron chi connectivity index (χ2n) is 4.79. The Morgan fingerprint density at radius 1 is 1.72 bits per heavy atom. The average Bonchev–Trinajstić information content (AvgIpc) is 3.19. The third-order valence-corrected chi connectivity index (χ3v) is 2.92. The first-order valence-electron chi connectivity index (χ1n) is 6.02. The molecule has 18 heavy (non-hydrogen) atoms. The minimum absolute atomic E-state index is 0.193. The van der Waals surface area contributed by atoms with Crippen LogP contribution in [0.2, 0.25) is 0 Å². The smallest absolute Gasteiger partial charge is 0.249 e. The van der Waals surface area contributed by atoms with Gasteiger partial charge in [-0.2, -0.15) is 0 Å². The summed E-state index contributed by atoms with van der Waals surface area (Å²) in [7, 11) is 0. The number of carbonyl (C=O) groups is 1.